The lowest BCUT2D eigenvalue weighted by molar-refractivity contribution is -0.145. The Balaban J connectivity index is 2.01. The van der Waals surface area contributed by atoms with Crippen LogP contribution in [-0.2, 0) is 19.6 Å². The molecule has 0 aliphatic rings. The van der Waals surface area contributed by atoms with Gasteiger partial charge in [-0.25, -0.2) is 8.42 Å². The van der Waals surface area contributed by atoms with Gasteiger partial charge in [0.1, 0.15) is 6.04 Å². The lowest BCUT2D eigenvalue weighted by Crippen LogP contribution is -2.48. The highest BCUT2D eigenvalue weighted by Crippen LogP contribution is 2.26. The molecule has 0 aliphatic heterocycles. The summed E-state index contributed by atoms with van der Waals surface area (Å²) < 4.78 is 34.3. The number of nitrogens with one attached hydrogen (secondary N) is 2. The van der Waals surface area contributed by atoms with Crippen molar-refractivity contribution in [2.24, 2.45) is 0 Å². The Morgan fingerprint density at radius 1 is 0.941 bits per heavy atom. The number of carbonyl (C=O) groups is 1. The number of hydrogen-bond donors (Lipinski definition) is 2. The second kappa shape index (κ2) is 11.2. The van der Waals surface area contributed by atoms with E-state index in [1.165, 1.54) is 12.1 Å². The van der Waals surface area contributed by atoms with Crippen LogP contribution in [0.2, 0.25) is 0 Å². The number of rotatable bonds is 10. The molecule has 3 rings (SSSR count). The second-order valence-electron chi connectivity index (χ2n) is 8.14. The topological polar surface area (TPSA) is 87.7 Å². The average molecular weight is 482 g/mol. The van der Waals surface area contributed by atoms with Gasteiger partial charge in [-0.1, -0.05) is 48.0 Å². The van der Waals surface area contributed by atoms with Gasteiger partial charge in [-0.05, 0) is 55.8 Å². The van der Waals surface area contributed by atoms with Crippen LogP contribution in [-0.4, -0.2) is 41.1 Å². The number of hydrogen-bond acceptors (Lipinski definition) is 6. The van der Waals surface area contributed by atoms with Gasteiger partial charge in [0.25, 0.3) is 0 Å². The Morgan fingerprint density at radius 2 is 1.56 bits per heavy atom. The van der Waals surface area contributed by atoms with Crippen molar-refractivity contribution in [2.75, 3.05) is 30.9 Å². The molecule has 3 aromatic rings. The summed E-state index contributed by atoms with van der Waals surface area (Å²) in [5.74, 6) is -0.663. The van der Waals surface area contributed by atoms with Gasteiger partial charge in [-0.15, -0.1) is 0 Å². The Morgan fingerprint density at radius 3 is 2.12 bits per heavy atom. The molecule has 0 saturated heterocycles. The SMILES string of the molecule is CCOC(=O)[C@H](NS(=O)(=O)c1ccc(C)cc1)[C@@H](Nc1ccc(N(C)C)cc1)c1ccccc1. The highest BCUT2D eigenvalue weighted by Gasteiger charge is 2.35. The first-order valence-electron chi connectivity index (χ1n) is 11.1. The summed E-state index contributed by atoms with van der Waals surface area (Å²) in [5, 5.41) is 3.34. The number of sulfonamides is 1. The Kier molecular flexibility index (Phi) is 8.31. The molecule has 3 aromatic carbocycles. The maximum atomic E-state index is 13.2. The fraction of sp³-hybridized carbons (Fsp3) is 0.269. The molecule has 7 nitrogen and oxygen atoms in total. The van der Waals surface area contributed by atoms with E-state index in [-0.39, 0.29) is 11.5 Å². The molecular weight excluding hydrogens is 450 g/mol. The van der Waals surface area contributed by atoms with Crippen molar-refractivity contribution in [1.29, 1.82) is 0 Å². The number of anilines is 2. The third kappa shape index (κ3) is 6.36. The predicted octanol–water partition coefficient (Wildman–Crippen LogP) is 4.12. The van der Waals surface area contributed by atoms with Crippen molar-refractivity contribution in [1.82, 2.24) is 4.72 Å². The number of aryl methyl sites for hydroxylation is 1. The lowest BCUT2D eigenvalue weighted by atomic mass is 9.99. The van der Waals surface area contributed by atoms with Crippen LogP contribution in [0.4, 0.5) is 11.4 Å². The molecule has 0 unspecified atom stereocenters. The fourth-order valence-electron chi connectivity index (χ4n) is 3.49. The van der Waals surface area contributed by atoms with E-state index in [2.05, 4.69) is 10.0 Å². The first kappa shape index (κ1) is 25.3. The minimum absolute atomic E-state index is 0.0783. The van der Waals surface area contributed by atoms with E-state index in [0.29, 0.717) is 0 Å². The van der Waals surface area contributed by atoms with Crippen LogP contribution >= 0.6 is 0 Å². The summed E-state index contributed by atoms with van der Waals surface area (Å²) in [7, 11) is -0.0999. The third-order valence-corrected chi connectivity index (χ3v) is 6.81. The molecule has 34 heavy (non-hydrogen) atoms. The molecular formula is C26H31N3O4S. The van der Waals surface area contributed by atoms with Crippen molar-refractivity contribution in [3.05, 3.63) is 90.0 Å². The summed E-state index contributed by atoms with van der Waals surface area (Å²) in [6, 6.07) is 21.5. The second-order valence-corrected chi connectivity index (χ2v) is 9.85. The van der Waals surface area contributed by atoms with Crippen molar-refractivity contribution < 1.29 is 17.9 Å². The zero-order chi connectivity index (χ0) is 24.7. The van der Waals surface area contributed by atoms with Crippen LogP contribution in [0, 0.1) is 6.92 Å². The zero-order valence-electron chi connectivity index (χ0n) is 19.9. The van der Waals surface area contributed by atoms with Gasteiger partial charge < -0.3 is 15.0 Å². The Bertz CT molecular complexity index is 1180. The molecule has 0 fully saturated rings. The van der Waals surface area contributed by atoms with Gasteiger partial charge in [-0.2, -0.15) is 4.72 Å². The molecule has 0 radical (unpaired) electrons. The molecule has 0 saturated carbocycles. The van der Waals surface area contributed by atoms with Gasteiger partial charge in [0.2, 0.25) is 10.0 Å². The summed E-state index contributed by atoms with van der Waals surface area (Å²) in [5.41, 5.74) is 3.43. The highest BCUT2D eigenvalue weighted by molar-refractivity contribution is 7.89. The number of ether oxygens (including phenoxy) is 1. The minimum Gasteiger partial charge on any atom is -0.465 e. The standard InChI is InChI=1S/C26H31N3O4S/c1-5-33-26(30)25(28-34(31,32)23-17-11-19(2)12-18-23)24(20-9-7-6-8-10-20)27-21-13-15-22(16-14-21)29(3)4/h6-18,24-25,27-28H,5H2,1-4H3/t24-,25+/m0/s1. The van der Waals surface area contributed by atoms with Crippen molar-refractivity contribution in [3.63, 3.8) is 0 Å². The molecule has 0 aliphatic carbocycles. The van der Waals surface area contributed by atoms with Gasteiger partial charge in [0.05, 0.1) is 17.5 Å². The number of esters is 1. The third-order valence-electron chi connectivity index (χ3n) is 5.35. The first-order valence-corrected chi connectivity index (χ1v) is 12.5. The predicted molar refractivity (Wildman–Crippen MR) is 135 cm³/mol. The minimum atomic E-state index is -4.00. The van der Waals surface area contributed by atoms with Crippen LogP contribution in [0.1, 0.15) is 24.1 Å². The largest absolute Gasteiger partial charge is 0.465 e. The van der Waals surface area contributed by atoms with E-state index < -0.39 is 28.1 Å². The van der Waals surface area contributed by atoms with Crippen molar-refractivity contribution in [3.8, 4) is 0 Å². The van der Waals surface area contributed by atoms with E-state index in [4.69, 9.17) is 4.74 Å². The fourth-order valence-corrected chi connectivity index (χ4v) is 4.69. The normalized spacial score (nSPS) is 13.1. The number of carbonyl (C=O) groups excluding carboxylic acids is 1. The number of nitrogens with zero attached hydrogens (tertiary/aromatic N) is 1. The molecule has 0 spiro atoms. The van der Waals surface area contributed by atoms with Crippen LogP contribution in [0.5, 0.6) is 0 Å². The highest BCUT2D eigenvalue weighted by atomic mass is 32.2. The maximum Gasteiger partial charge on any atom is 0.326 e. The smallest absolute Gasteiger partial charge is 0.326 e. The molecule has 0 aromatic heterocycles. The maximum absolute atomic E-state index is 13.2. The van der Waals surface area contributed by atoms with E-state index in [9.17, 15) is 13.2 Å². The molecule has 0 amide bonds. The first-order chi connectivity index (χ1) is 16.2. The Labute approximate surface area is 201 Å². The van der Waals surface area contributed by atoms with Crippen LogP contribution in [0.3, 0.4) is 0 Å². The molecule has 2 N–H and O–H groups in total. The van der Waals surface area contributed by atoms with E-state index in [1.54, 1.807) is 19.1 Å². The average Bonchev–Trinajstić information content (AvgIpc) is 2.82. The van der Waals surface area contributed by atoms with E-state index in [1.807, 2.05) is 80.5 Å². The van der Waals surface area contributed by atoms with E-state index in [0.717, 1.165) is 22.5 Å². The molecule has 180 valence electrons. The Hall–Kier alpha value is -3.36. The molecule has 0 bridgehead atoms. The monoisotopic (exact) mass is 481 g/mol. The van der Waals surface area contributed by atoms with Crippen LogP contribution in [0.15, 0.2) is 83.8 Å². The van der Waals surface area contributed by atoms with Gasteiger partial charge in [0.15, 0.2) is 0 Å². The summed E-state index contributed by atoms with van der Waals surface area (Å²) in [6.45, 7) is 3.69. The summed E-state index contributed by atoms with van der Waals surface area (Å²) >= 11 is 0. The molecule has 0 heterocycles. The lowest BCUT2D eigenvalue weighted by Gasteiger charge is -2.28. The van der Waals surface area contributed by atoms with Crippen molar-refractivity contribution >= 4 is 27.4 Å². The quantitative estimate of drug-likeness (QED) is 0.424. The van der Waals surface area contributed by atoms with Gasteiger partial charge in [0, 0.05) is 25.5 Å². The molecule has 2 atom stereocenters. The van der Waals surface area contributed by atoms with Crippen LogP contribution < -0.4 is 14.9 Å². The van der Waals surface area contributed by atoms with Gasteiger partial charge >= 0.3 is 5.97 Å². The van der Waals surface area contributed by atoms with Crippen LogP contribution in [0.25, 0.3) is 0 Å². The van der Waals surface area contributed by atoms with Crippen molar-refractivity contribution in [2.45, 2.75) is 30.8 Å². The van der Waals surface area contributed by atoms with E-state index >= 15 is 0 Å². The number of benzene rings is 3. The van der Waals surface area contributed by atoms with Gasteiger partial charge in [-0.3, -0.25) is 4.79 Å². The summed E-state index contributed by atoms with van der Waals surface area (Å²) in [4.78, 5) is 15.1. The molecule has 8 heteroatoms. The summed E-state index contributed by atoms with van der Waals surface area (Å²) in [6.07, 6.45) is 0. The zero-order valence-corrected chi connectivity index (χ0v) is 20.7.